The number of anilines is 1. The molecule has 26 heavy (non-hydrogen) atoms. The highest BCUT2D eigenvalue weighted by atomic mass is 15.0. The van der Waals surface area contributed by atoms with Crippen LogP contribution in [0, 0.1) is 0 Å². The second-order valence-electron chi connectivity index (χ2n) is 6.14. The first kappa shape index (κ1) is 16.1. The molecule has 4 heteroatoms. The maximum Gasteiger partial charge on any atom is 0.100 e. The number of aliphatic imine (C=N–C) groups is 1. The fraction of sp³-hybridized carbons (Fsp3) is 0.0909. The van der Waals surface area contributed by atoms with E-state index >= 15 is 0 Å². The van der Waals surface area contributed by atoms with E-state index in [0.29, 0.717) is 0 Å². The quantitative estimate of drug-likeness (QED) is 0.536. The van der Waals surface area contributed by atoms with E-state index in [-0.39, 0.29) is 0 Å². The highest BCUT2D eigenvalue weighted by Gasteiger charge is 2.04. The Morgan fingerprint density at radius 2 is 1.85 bits per heavy atom. The molecule has 1 heterocycles. The molecular weight excluding hydrogens is 320 g/mol. The molecule has 128 valence electrons. The molecule has 0 amide bonds. The number of imidazole rings is 1. The molecule has 4 nitrogen and oxygen atoms in total. The number of para-hydroxylation sites is 2. The second-order valence-corrected chi connectivity index (χ2v) is 6.14. The molecule has 4 aromatic rings. The maximum absolute atomic E-state index is 4.47. The molecular formula is C22H20N4. The van der Waals surface area contributed by atoms with Crippen molar-refractivity contribution in [3.8, 4) is 5.69 Å². The van der Waals surface area contributed by atoms with E-state index in [0.717, 1.165) is 34.5 Å². The van der Waals surface area contributed by atoms with Crippen LogP contribution in [0.1, 0.15) is 11.1 Å². The van der Waals surface area contributed by atoms with Gasteiger partial charge in [-0.05, 0) is 41.5 Å². The number of benzene rings is 3. The van der Waals surface area contributed by atoms with Crippen LogP contribution in [0.2, 0.25) is 0 Å². The van der Waals surface area contributed by atoms with Gasteiger partial charge in [-0.3, -0.25) is 9.56 Å². The van der Waals surface area contributed by atoms with Crippen LogP contribution in [0.25, 0.3) is 16.7 Å². The van der Waals surface area contributed by atoms with Crippen molar-refractivity contribution in [3.63, 3.8) is 0 Å². The standard InChI is InChI=1S/C22H20N4/c1-23-14-17-9-11-18(12-10-17)15-24-19-5-4-6-20(13-19)26-16-25-21-7-2-3-8-22(21)26/h2-14,16,24H,15H2,1H3/b23-14+. The van der Waals surface area contributed by atoms with Crippen LogP contribution in [-0.2, 0) is 6.54 Å². The molecule has 0 spiro atoms. The highest BCUT2D eigenvalue weighted by Crippen LogP contribution is 2.21. The van der Waals surface area contributed by atoms with Crippen molar-refractivity contribution < 1.29 is 0 Å². The summed E-state index contributed by atoms with van der Waals surface area (Å²) in [5.41, 5.74) is 6.64. The summed E-state index contributed by atoms with van der Waals surface area (Å²) in [6.45, 7) is 0.775. The molecule has 0 saturated heterocycles. The van der Waals surface area contributed by atoms with Gasteiger partial charge in [0.1, 0.15) is 6.33 Å². The van der Waals surface area contributed by atoms with Crippen LogP contribution >= 0.6 is 0 Å². The average Bonchev–Trinajstić information content (AvgIpc) is 3.12. The summed E-state index contributed by atoms with van der Waals surface area (Å²) in [7, 11) is 1.78. The summed E-state index contributed by atoms with van der Waals surface area (Å²) in [5.74, 6) is 0. The van der Waals surface area contributed by atoms with E-state index in [2.05, 4.69) is 74.5 Å². The van der Waals surface area contributed by atoms with E-state index in [1.165, 1.54) is 5.56 Å². The van der Waals surface area contributed by atoms with Crippen molar-refractivity contribution in [2.24, 2.45) is 4.99 Å². The normalized spacial score (nSPS) is 11.3. The monoisotopic (exact) mass is 340 g/mol. The number of rotatable bonds is 5. The third-order valence-corrected chi connectivity index (χ3v) is 4.33. The Morgan fingerprint density at radius 1 is 1.00 bits per heavy atom. The molecule has 0 aliphatic rings. The zero-order valence-corrected chi connectivity index (χ0v) is 14.6. The lowest BCUT2D eigenvalue weighted by atomic mass is 10.1. The Labute approximate surface area is 152 Å². The zero-order chi connectivity index (χ0) is 17.8. The van der Waals surface area contributed by atoms with Gasteiger partial charge in [-0.15, -0.1) is 0 Å². The van der Waals surface area contributed by atoms with E-state index < -0.39 is 0 Å². The van der Waals surface area contributed by atoms with Crippen molar-refractivity contribution >= 4 is 22.9 Å². The molecule has 1 aromatic heterocycles. The van der Waals surface area contributed by atoms with Crippen LogP contribution in [0.4, 0.5) is 5.69 Å². The molecule has 0 bridgehead atoms. The lowest BCUT2D eigenvalue weighted by Crippen LogP contribution is -2.01. The SMILES string of the molecule is C/N=C/c1ccc(CNc2cccc(-n3cnc4ccccc43)c2)cc1. The predicted molar refractivity (Wildman–Crippen MR) is 108 cm³/mol. The van der Waals surface area contributed by atoms with E-state index in [1.807, 2.05) is 30.7 Å². The number of hydrogen-bond acceptors (Lipinski definition) is 3. The molecule has 0 atom stereocenters. The maximum atomic E-state index is 4.47. The van der Waals surface area contributed by atoms with Crippen LogP contribution < -0.4 is 5.32 Å². The van der Waals surface area contributed by atoms with Gasteiger partial charge in [0.15, 0.2) is 0 Å². The van der Waals surface area contributed by atoms with E-state index in [4.69, 9.17) is 0 Å². The summed E-state index contributed by atoms with van der Waals surface area (Å²) in [4.78, 5) is 8.51. The molecule has 1 N–H and O–H groups in total. The van der Waals surface area contributed by atoms with Crippen molar-refractivity contribution in [3.05, 3.63) is 90.3 Å². The van der Waals surface area contributed by atoms with E-state index in [9.17, 15) is 0 Å². The van der Waals surface area contributed by atoms with Gasteiger partial charge in [0.25, 0.3) is 0 Å². The molecule has 0 aliphatic carbocycles. The van der Waals surface area contributed by atoms with Crippen LogP contribution in [-0.4, -0.2) is 22.8 Å². The highest BCUT2D eigenvalue weighted by molar-refractivity contribution is 5.79. The second kappa shape index (κ2) is 7.23. The first-order chi connectivity index (χ1) is 12.8. The lowest BCUT2D eigenvalue weighted by molar-refractivity contribution is 1.08. The Morgan fingerprint density at radius 3 is 2.69 bits per heavy atom. The fourth-order valence-corrected chi connectivity index (χ4v) is 3.01. The molecule has 3 aromatic carbocycles. The Bertz CT molecular complexity index is 1050. The topological polar surface area (TPSA) is 42.2 Å². The van der Waals surface area contributed by atoms with Crippen LogP contribution in [0.3, 0.4) is 0 Å². The number of aromatic nitrogens is 2. The van der Waals surface area contributed by atoms with Gasteiger partial charge in [-0.1, -0.05) is 42.5 Å². The Hall–Kier alpha value is -3.40. The molecule has 0 fully saturated rings. The van der Waals surface area contributed by atoms with Gasteiger partial charge in [0, 0.05) is 31.2 Å². The third-order valence-electron chi connectivity index (χ3n) is 4.33. The number of nitrogens with one attached hydrogen (secondary N) is 1. The largest absolute Gasteiger partial charge is 0.381 e. The summed E-state index contributed by atoms with van der Waals surface area (Å²) in [5, 5.41) is 3.50. The third kappa shape index (κ3) is 3.35. The molecule has 0 aliphatic heterocycles. The van der Waals surface area contributed by atoms with Crippen molar-refractivity contribution in [1.29, 1.82) is 0 Å². The smallest absolute Gasteiger partial charge is 0.100 e. The first-order valence-electron chi connectivity index (χ1n) is 8.61. The Kier molecular flexibility index (Phi) is 4.48. The number of nitrogens with zero attached hydrogens (tertiary/aromatic N) is 3. The average molecular weight is 340 g/mol. The van der Waals surface area contributed by atoms with Gasteiger partial charge in [0.2, 0.25) is 0 Å². The van der Waals surface area contributed by atoms with Crippen molar-refractivity contribution in [1.82, 2.24) is 9.55 Å². The minimum atomic E-state index is 0.775. The molecule has 0 radical (unpaired) electrons. The van der Waals surface area contributed by atoms with Gasteiger partial charge in [-0.25, -0.2) is 4.98 Å². The van der Waals surface area contributed by atoms with Crippen molar-refractivity contribution in [2.75, 3.05) is 12.4 Å². The summed E-state index contributed by atoms with van der Waals surface area (Å²) < 4.78 is 2.11. The van der Waals surface area contributed by atoms with Crippen LogP contribution in [0.15, 0.2) is 84.1 Å². The Balaban J connectivity index is 1.52. The van der Waals surface area contributed by atoms with Gasteiger partial charge < -0.3 is 5.32 Å². The molecule has 0 unspecified atom stereocenters. The minimum absolute atomic E-state index is 0.775. The van der Waals surface area contributed by atoms with Crippen molar-refractivity contribution in [2.45, 2.75) is 6.54 Å². The zero-order valence-electron chi connectivity index (χ0n) is 14.6. The molecule has 0 saturated carbocycles. The lowest BCUT2D eigenvalue weighted by Gasteiger charge is -2.10. The molecule has 4 rings (SSSR count). The van der Waals surface area contributed by atoms with Gasteiger partial charge >= 0.3 is 0 Å². The summed E-state index contributed by atoms with van der Waals surface area (Å²) in [6.07, 6.45) is 3.73. The first-order valence-corrected chi connectivity index (χ1v) is 8.61. The van der Waals surface area contributed by atoms with Gasteiger partial charge in [0.05, 0.1) is 11.0 Å². The minimum Gasteiger partial charge on any atom is -0.381 e. The number of fused-ring (bicyclic) bond motifs is 1. The van der Waals surface area contributed by atoms with E-state index in [1.54, 1.807) is 7.05 Å². The fourth-order valence-electron chi connectivity index (χ4n) is 3.01. The van der Waals surface area contributed by atoms with Crippen LogP contribution in [0.5, 0.6) is 0 Å². The summed E-state index contributed by atoms with van der Waals surface area (Å²) >= 11 is 0. The summed E-state index contributed by atoms with van der Waals surface area (Å²) in [6, 6.07) is 25.0. The predicted octanol–water partition coefficient (Wildman–Crippen LogP) is 4.69. The number of hydrogen-bond donors (Lipinski definition) is 1. The van der Waals surface area contributed by atoms with Gasteiger partial charge in [-0.2, -0.15) is 0 Å².